The zero-order valence-corrected chi connectivity index (χ0v) is 27.5. The number of unbranched alkanes of at least 4 members (excludes halogenated alkanes) is 27. The Kier molecular flexibility index (Phi) is 26.9. The van der Waals surface area contributed by atoms with Crippen LogP contribution in [-0.4, -0.2) is 29.1 Å². The molecule has 0 bridgehead atoms. The lowest BCUT2D eigenvalue weighted by Crippen LogP contribution is -2.36. The van der Waals surface area contributed by atoms with Crippen molar-refractivity contribution < 1.29 is 0 Å². The summed E-state index contributed by atoms with van der Waals surface area (Å²) in [5, 5.41) is 0. The van der Waals surface area contributed by atoms with Crippen molar-refractivity contribution in [3.8, 4) is 0 Å². The van der Waals surface area contributed by atoms with Gasteiger partial charge in [-0.25, -0.2) is 0 Å². The third-order valence-corrected chi connectivity index (χ3v) is 9.20. The zero-order valence-electron chi connectivity index (χ0n) is 27.5. The Bertz CT molecular complexity index is 502. The molecule has 2 nitrogen and oxygen atoms in total. The molecular formula is C37H74N2. The van der Waals surface area contributed by atoms with Gasteiger partial charge in [0.2, 0.25) is 0 Å². The molecule has 0 aromatic heterocycles. The smallest absolute Gasteiger partial charge is 0.0977 e. The predicted molar refractivity (Wildman–Crippen MR) is 177 cm³/mol. The van der Waals surface area contributed by atoms with E-state index in [-0.39, 0.29) is 0 Å². The standard InChI is InChI=1S/C37H74N2/c1-4-6-8-10-12-14-16-18-20-22-24-26-28-30-32-34-39-36-35-38(37(39)3)33-31-29-27-25-23-21-19-17-15-13-11-9-7-5-2/h35-37H,4-34H2,1-3H3. The van der Waals surface area contributed by atoms with Crippen LogP contribution in [0.2, 0.25) is 0 Å². The first-order chi connectivity index (χ1) is 19.3. The first-order valence-corrected chi connectivity index (χ1v) is 18.5. The lowest BCUT2D eigenvalue weighted by atomic mass is 10.0. The van der Waals surface area contributed by atoms with Crippen LogP contribution in [0, 0.1) is 0 Å². The molecule has 2 heteroatoms. The van der Waals surface area contributed by atoms with Crippen molar-refractivity contribution in [2.75, 3.05) is 13.1 Å². The lowest BCUT2D eigenvalue weighted by molar-refractivity contribution is 0.165. The summed E-state index contributed by atoms with van der Waals surface area (Å²) >= 11 is 0. The molecule has 0 saturated heterocycles. The number of rotatable bonds is 31. The minimum absolute atomic E-state index is 0.568. The molecule has 1 atom stereocenters. The molecule has 39 heavy (non-hydrogen) atoms. The van der Waals surface area contributed by atoms with Gasteiger partial charge in [-0.1, -0.05) is 187 Å². The van der Waals surface area contributed by atoms with Gasteiger partial charge < -0.3 is 9.80 Å². The van der Waals surface area contributed by atoms with Crippen LogP contribution in [0.4, 0.5) is 0 Å². The molecule has 0 spiro atoms. The number of hydrogen-bond donors (Lipinski definition) is 0. The molecule has 1 rings (SSSR count). The topological polar surface area (TPSA) is 6.48 Å². The minimum atomic E-state index is 0.568. The van der Waals surface area contributed by atoms with Gasteiger partial charge in [0.05, 0.1) is 6.17 Å². The van der Waals surface area contributed by atoms with Crippen LogP contribution in [0.3, 0.4) is 0 Å². The largest absolute Gasteiger partial charge is 0.356 e. The molecule has 1 heterocycles. The SMILES string of the molecule is CCCCCCCCCCCCCCCCCN1C=CN(CCCCCCCCCCCCCCCC)C1C. The summed E-state index contributed by atoms with van der Waals surface area (Å²) in [5.74, 6) is 0. The summed E-state index contributed by atoms with van der Waals surface area (Å²) in [4.78, 5) is 5.15. The van der Waals surface area contributed by atoms with Crippen LogP contribution in [0.5, 0.6) is 0 Å². The summed E-state index contributed by atoms with van der Waals surface area (Å²) in [5.41, 5.74) is 0. The van der Waals surface area contributed by atoms with Crippen molar-refractivity contribution in [1.29, 1.82) is 0 Å². The summed E-state index contributed by atoms with van der Waals surface area (Å²) in [6, 6.07) is 0. The van der Waals surface area contributed by atoms with Gasteiger partial charge >= 0.3 is 0 Å². The van der Waals surface area contributed by atoms with Crippen molar-refractivity contribution in [3.63, 3.8) is 0 Å². The highest BCUT2D eigenvalue weighted by molar-refractivity contribution is 4.95. The molecule has 0 aromatic carbocycles. The fourth-order valence-corrected chi connectivity index (χ4v) is 6.29. The monoisotopic (exact) mass is 547 g/mol. The fourth-order valence-electron chi connectivity index (χ4n) is 6.29. The van der Waals surface area contributed by atoms with Crippen molar-refractivity contribution >= 4 is 0 Å². The highest BCUT2D eigenvalue weighted by atomic mass is 15.4. The maximum absolute atomic E-state index is 2.58. The van der Waals surface area contributed by atoms with E-state index in [1.54, 1.807) is 0 Å². The van der Waals surface area contributed by atoms with Gasteiger partial charge in [0, 0.05) is 25.5 Å². The Hall–Kier alpha value is -0.660. The molecule has 0 radical (unpaired) electrons. The summed E-state index contributed by atoms with van der Waals surface area (Å²) in [6.45, 7) is 9.49. The van der Waals surface area contributed by atoms with Gasteiger partial charge in [-0.05, 0) is 19.8 Å². The second-order valence-electron chi connectivity index (χ2n) is 13.0. The molecule has 0 amide bonds. The Balaban J connectivity index is 1.81. The van der Waals surface area contributed by atoms with Gasteiger partial charge in [0.15, 0.2) is 0 Å². The minimum Gasteiger partial charge on any atom is -0.356 e. The normalized spacial score (nSPS) is 15.2. The Morgan fingerprint density at radius 3 is 0.769 bits per heavy atom. The molecule has 1 unspecified atom stereocenters. The van der Waals surface area contributed by atoms with Gasteiger partial charge in [-0.3, -0.25) is 0 Å². The van der Waals surface area contributed by atoms with E-state index >= 15 is 0 Å². The van der Waals surface area contributed by atoms with Crippen LogP contribution in [0.1, 0.15) is 207 Å². The van der Waals surface area contributed by atoms with Crippen molar-refractivity contribution in [1.82, 2.24) is 9.80 Å². The van der Waals surface area contributed by atoms with Gasteiger partial charge in [-0.15, -0.1) is 0 Å². The molecule has 0 aliphatic carbocycles. The fraction of sp³-hybridized carbons (Fsp3) is 0.946. The predicted octanol–water partition coefficient (Wildman–Crippen LogP) is 12.8. The Morgan fingerprint density at radius 2 is 0.538 bits per heavy atom. The number of hydrogen-bond acceptors (Lipinski definition) is 2. The van der Waals surface area contributed by atoms with Crippen LogP contribution >= 0.6 is 0 Å². The van der Waals surface area contributed by atoms with E-state index in [4.69, 9.17) is 0 Å². The maximum Gasteiger partial charge on any atom is 0.0977 e. The average molecular weight is 547 g/mol. The molecule has 232 valence electrons. The highest BCUT2D eigenvalue weighted by Gasteiger charge is 2.20. The molecule has 0 aromatic rings. The summed E-state index contributed by atoms with van der Waals surface area (Å²) < 4.78 is 0. The molecule has 1 aliphatic heterocycles. The highest BCUT2D eigenvalue weighted by Crippen LogP contribution is 2.19. The van der Waals surface area contributed by atoms with Crippen molar-refractivity contribution in [3.05, 3.63) is 12.4 Å². The van der Waals surface area contributed by atoms with Crippen molar-refractivity contribution in [2.45, 2.75) is 213 Å². The van der Waals surface area contributed by atoms with Gasteiger partial charge in [0.1, 0.15) is 0 Å². The van der Waals surface area contributed by atoms with Crippen LogP contribution in [0.25, 0.3) is 0 Å². The van der Waals surface area contributed by atoms with Crippen LogP contribution in [0.15, 0.2) is 12.4 Å². The number of nitrogens with zero attached hydrogens (tertiary/aromatic N) is 2. The summed E-state index contributed by atoms with van der Waals surface area (Å²) in [7, 11) is 0. The second kappa shape index (κ2) is 28.9. The first kappa shape index (κ1) is 36.4. The van der Waals surface area contributed by atoms with Crippen LogP contribution in [-0.2, 0) is 0 Å². The van der Waals surface area contributed by atoms with E-state index in [0.717, 1.165) is 0 Å². The van der Waals surface area contributed by atoms with E-state index in [9.17, 15) is 0 Å². The van der Waals surface area contributed by atoms with E-state index in [1.807, 2.05) is 0 Å². The van der Waals surface area contributed by atoms with E-state index in [2.05, 4.69) is 43.0 Å². The molecule has 0 saturated carbocycles. The first-order valence-electron chi connectivity index (χ1n) is 18.5. The lowest BCUT2D eigenvalue weighted by Gasteiger charge is -2.30. The van der Waals surface area contributed by atoms with E-state index in [0.29, 0.717) is 6.17 Å². The average Bonchev–Trinajstić information content (AvgIpc) is 3.29. The van der Waals surface area contributed by atoms with Gasteiger partial charge in [0.25, 0.3) is 0 Å². The molecule has 1 aliphatic rings. The quantitative estimate of drug-likeness (QED) is 0.0798. The summed E-state index contributed by atoms with van der Waals surface area (Å²) in [6.07, 6.45) is 47.2. The van der Waals surface area contributed by atoms with E-state index in [1.165, 1.54) is 199 Å². The Morgan fingerprint density at radius 1 is 0.333 bits per heavy atom. The van der Waals surface area contributed by atoms with Crippen LogP contribution < -0.4 is 0 Å². The Labute approximate surface area is 248 Å². The molecular weight excluding hydrogens is 472 g/mol. The third kappa shape index (κ3) is 22.7. The molecule has 0 N–H and O–H groups in total. The third-order valence-electron chi connectivity index (χ3n) is 9.20. The van der Waals surface area contributed by atoms with Crippen molar-refractivity contribution in [2.24, 2.45) is 0 Å². The van der Waals surface area contributed by atoms with Gasteiger partial charge in [-0.2, -0.15) is 0 Å². The van der Waals surface area contributed by atoms with E-state index < -0.39 is 0 Å². The second-order valence-corrected chi connectivity index (χ2v) is 13.0. The molecule has 0 fully saturated rings. The maximum atomic E-state index is 2.58. The zero-order chi connectivity index (χ0) is 28.1.